The van der Waals surface area contributed by atoms with Crippen LogP contribution in [0.15, 0.2) is 30.3 Å². The van der Waals surface area contributed by atoms with Gasteiger partial charge in [-0.3, -0.25) is 4.90 Å². The van der Waals surface area contributed by atoms with E-state index in [4.69, 9.17) is 6.42 Å². The van der Waals surface area contributed by atoms with Gasteiger partial charge in [0.15, 0.2) is 0 Å². The number of benzene rings is 1. The van der Waals surface area contributed by atoms with Gasteiger partial charge in [0.25, 0.3) is 0 Å². The second-order valence-corrected chi connectivity index (χ2v) is 6.28. The summed E-state index contributed by atoms with van der Waals surface area (Å²) in [5.74, 6) is 2.87. The lowest BCUT2D eigenvalue weighted by atomic mass is 9.86. The molecule has 3 atom stereocenters. The van der Waals surface area contributed by atoms with Gasteiger partial charge in [0.2, 0.25) is 0 Å². The van der Waals surface area contributed by atoms with E-state index in [1.807, 2.05) is 0 Å². The normalized spacial score (nSPS) is 28.0. The Kier molecular flexibility index (Phi) is 5.45. The van der Waals surface area contributed by atoms with E-state index in [1.165, 1.54) is 12.0 Å². The summed E-state index contributed by atoms with van der Waals surface area (Å²) in [7, 11) is 0. The van der Waals surface area contributed by atoms with Crippen LogP contribution in [0.4, 0.5) is 0 Å². The van der Waals surface area contributed by atoms with Crippen LogP contribution >= 0.6 is 0 Å². The third kappa shape index (κ3) is 3.48. The first-order chi connectivity index (χ1) is 10.1. The minimum Gasteiger partial charge on any atom is -0.305 e. The summed E-state index contributed by atoms with van der Waals surface area (Å²) < 4.78 is 0. The molecule has 0 radical (unpaired) electrons. The molecule has 2 nitrogen and oxygen atoms in total. The lowest BCUT2D eigenvalue weighted by Crippen LogP contribution is -2.63. The van der Waals surface area contributed by atoms with E-state index in [0.717, 1.165) is 25.9 Å². The first kappa shape index (κ1) is 16.1. The summed E-state index contributed by atoms with van der Waals surface area (Å²) in [5.41, 5.74) is 1.37. The number of hydrogen-bond donors (Lipinski definition) is 1. The molecule has 3 unspecified atom stereocenters. The molecule has 21 heavy (non-hydrogen) atoms. The highest BCUT2D eigenvalue weighted by molar-refractivity contribution is 5.25. The fourth-order valence-electron chi connectivity index (χ4n) is 3.45. The topological polar surface area (TPSA) is 15.3 Å². The maximum Gasteiger partial charge on any atom is 0.0535 e. The molecule has 1 saturated heterocycles. The third-order valence-corrected chi connectivity index (χ3v) is 4.87. The molecule has 0 aromatic heterocycles. The van der Waals surface area contributed by atoms with Gasteiger partial charge in [0.05, 0.1) is 5.54 Å². The molecule has 1 aliphatic heterocycles. The monoisotopic (exact) mass is 284 g/mol. The Balaban J connectivity index is 2.24. The van der Waals surface area contributed by atoms with Gasteiger partial charge in [-0.05, 0) is 25.3 Å². The maximum atomic E-state index is 5.58. The molecule has 0 bridgehead atoms. The maximum absolute atomic E-state index is 5.58. The lowest BCUT2D eigenvalue weighted by Gasteiger charge is -2.49. The first-order valence-corrected chi connectivity index (χ1v) is 8.14. The molecule has 1 aliphatic rings. The van der Waals surface area contributed by atoms with E-state index in [1.54, 1.807) is 0 Å². The highest BCUT2D eigenvalue weighted by Crippen LogP contribution is 2.29. The summed E-state index contributed by atoms with van der Waals surface area (Å²) in [6.45, 7) is 8.88. The SMILES string of the molecule is C#CCC(CC)N1CC(C)(c2ccccc2)NCC1CC. The Labute approximate surface area is 129 Å². The fourth-order valence-corrected chi connectivity index (χ4v) is 3.45. The van der Waals surface area contributed by atoms with Crippen molar-refractivity contribution in [2.24, 2.45) is 0 Å². The average Bonchev–Trinajstić information content (AvgIpc) is 2.53. The van der Waals surface area contributed by atoms with Crippen LogP contribution in [0.1, 0.15) is 45.6 Å². The molecule has 1 N–H and O–H groups in total. The van der Waals surface area contributed by atoms with E-state index in [9.17, 15) is 0 Å². The highest BCUT2D eigenvalue weighted by Gasteiger charge is 2.38. The van der Waals surface area contributed by atoms with Crippen molar-refractivity contribution in [3.8, 4) is 12.3 Å². The van der Waals surface area contributed by atoms with Gasteiger partial charge in [-0.25, -0.2) is 0 Å². The molecular weight excluding hydrogens is 256 g/mol. The fraction of sp³-hybridized carbons (Fsp3) is 0.579. The minimum atomic E-state index is 0.00888. The molecule has 1 aromatic carbocycles. The van der Waals surface area contributed by atoms with E-state index < -0.39 is 0 Å². The molecule has 1 heterocycles. The van der Waals surface area contributed by atoms with Crippen LogP contribution in [0.3, 0.4) is 0 Å². The third-order valence-electron chi connectivity index (χ3n) is 4.87. The quantitative estimate of drug-likeness (QED) is 0.834. The molecular formula is C19H28N2. The Bertz CT molecular complexity index is 476. The Morgan fingerprint density at radius 2 is 2.10 bits per heavy atom. The standard InChI is InChI=1S/C19H28N2/c1-5-11-17(6-2)21-15-19(4,20-14-18(21)7-3)16-12-9-8-10-13-16/h1,8-10,12-13,17-18,20H,6-7,11,14-15H2,2-4H3. The number of hydrogen-bond acceptors (Lipinski definition) is 2. The van der Waals surface area contributed by atoms with Gasteiger partial charge in [-0.15, -0.1) is 12.3 Å². The van der Waals surface area contributed by atoms with Crippen molar-refractivity contribution in [2.75, 3.05) is 13.1 Å². The number of terminal acetylenes is 1. The van der Waals surface area contributed by atoms with Gasteiger partial charge in [-0.2, -0.15) is 0 Å². The summed E-state index contributed by atoms with van der Waals surface area (Å²) in [6, 6.07) is 11.8. The van der Waals surface area contributed by atoms with E-state index in [0.29, 0.717) is 12.1 Å². The van der Waals surface area contributed by atoms with Crippen molar-refractivity contribution in [1.82, 2.24) is 10.2 Å². The smallest absolute Gasteiger partial charge is 0.0535 e. The molecule has 1 aromatic rings. The van der Waals surface area contributed by atoms with Crippen LogP contribution in [-0.4, -0.2) is 30.1 Å². The molecule has 2 heteroatoms. The molecule has 1 fully saturated rings. The van der Waals surface area contributed by atoms with Crippen molar-refractivity contribution >= 4 is 0 Å². The van der Waals surface area contributed by atoms with Gasteiger partial charge in [0.1, 0.15) is 0 Å². The van der Waals surface area contributed by atoms with Gasteiger partial charge in [-0.1, -0.05) is 44.2 Å². The van der Waals surface area contributed by atoms with Crippen molar-refractivity contribution in [1.29, 1.82) is 0 Å². The number of piperazine rings is 1. The second kappa shape index (κ2) is 7.11. The average molecular weight is 284 g/mol. The number of nitrogens with one attached hydrogen (secondary N) is 1. The van der Waals surface area contributed by atoms with Crippen molar-refractivity contribution < 1.29 is 0 Å². The summed E-state index contributed by atoms with van der Waals surface area (Å²) in [4.78, 5) is 2.64. The van der Waals surface area contributed by atoms with Crippen LogP contribution in [0.25, 0.3) is 0 Å². The zero-order valence-electron chi connectivity index (χ0n) is 13.6. The number of nitrogens with zero attached hydrogens (tertiary/aromatic N) is 1. The zero-order valence-corrected chi connectivity index (χ0v) is 13.6. The van der Waals surface area contributed by atoms with Gasteiger partial charge in [0, 0.05) is 31.6 Å². The van der Waals surface area contributed by atoms with E-state index >= 15 is 0 Å². The Morgan fingerprint density at radius 1 is 1.38 bits per heavy atom. The van der Waals surface area contributed by atoms with Gasteiger partial charge < -0.3 is 5.32 Å². The second-order valence-electron chi connectivity index (χ2n) is 6.28. The summed E-state index contributed by atoms with van der Waals surface area (Å²) in [5, 5.41) is 3.77. The zero-order chi connectivity index (χ0) is 15.3. The Morgan fingerprint density at radius 3 is 2.67 bits per heavy atom. The summed E-state index contributed by atoms with van der Waals surface area (Å²) in [6.07, 6.45) is 8.71. The van der Waals surface area contributed by atoms with Crippen LogP contribution in [-0.2, 0) is 5.54 Å². The molecule has 114 valence electrons. The van der Waals surface area contributed by atoms with Crippen LogP contribution in [0.5, 0.6) is 0 Å². The van der Waals surface area contributed by atoms with Crippen molar-refractivity contribution in [3.63, 3.8) is 0 Å². The van der Waals surface area contributed by atoms with Crippen LogP contribution in [0, 0.1) is 12.3 Å². The summed E-state index contributed by atoms with van der Waals surface area (Å²) >= 11 is 0. The van der Waals surface area contributed by atoms with Crippen molar-refractivity contribution in [3.05, 3.63) is 35.9 Å². The highest BCUT2D eigenvalue weighted by atomic mass is 15.3. The molecule has 0 amide bonds. The largest absolute Gasteiger partial charge is 0.305 e. The lowest BCUT2D eigenvalue weighted by molar-refractivity contribution is 0.0438. The molecule has 0 aliphatic carbocycles. The number of rotatable bonds is 5. The molecule has 0 saturated carbocycles. The first-order valence-electron chi connectivity index (χ1n) is 8.14. The predicted molar refractivity (Wildman–Crippen MR) is 90.1 cm³/mol. The van der Waals surface area contributed by atoms with E-state index in [-0.39, 0.29) is 5.54 Å². The van der Waals surface area contributed by atoms with Gasteiger partial charge >= 0.3 is 0 Å². The minimum absolute atomic E-state index is 0.00888. The predicted octanol–water partition coefficient (Wildman–Crippen LogP) is 3.39. The van der Waals surface area contributed by atoms with E-state index in [2.05, 4.69) is 67.2 Å². The molecule has 0 spiro atoms. The van der Waals surface area contributed by atoms with Crippen LogP contribution < -0.4 is 5.32 Å². The van der Waals surface area contributed by atoms with Crippen LogP contribution in [0.2, 0.25) is 0 Å². The molecule has 2 rings (SSSR count). The van der Waals surface area contributed by atoms with Crippen molar-refractivity contribution in [2.45, 2.75) is 57.7 Å². The Hall–Kier alpha value is -1.30.